The number of amides is 1. The summed E-state index contributed by atoms with van der Waals surface area (Å²) < 4.78 is 0. The Morgan fingerprint density at radius 3 is 2.41 bits per heavy atom. The van der Waals surface area contributed by atoms with Crippen LogP contribution in [0.3, 0.4) is 0 Å². The Kier molecular flexibility index (Phi) is 9.43. The molecule has 0 heterocycles. The lowest BCUT2D eigenvalue weighted by atomic mass is 10.1. The number of carbonyl (C=O) groups is 2. The summed E-state index contributed by atoms with van der Waals surface area (Å²) in [5.74, 6) is -1.64. The SMILES string of the molecule is CCCCCCCC(=O)N[C@@H](CCO)C(=O)[O-]. The smallest absolute Gasteiger partial charge is 0.220 e. The summed E-state index contributed by atoms with van der Waals surface area (Å²) >= 11 is 0. The zero-order chi connectivity index (χ0) is 13.1. The molecule has 17 heavy (non-hydrogen) atoms. The van der Waals surface area contributed by atoms with Crippen LogP contribution in [-0.4, -0.2) is 29.6 Å². The van der Waals surface area contributed by atoms with Gasteiger partial charge in [-0.25, -0.2) is 0 Å². The fourth-order valence-corrected chi connectivity index (χ4v) is 1.53. The summed E-state index contributed by atoms with van der Waals surface area (Å²) in [4.78, 5) is 22.0. The minimum absolute atomic E-state index is 0.0100. The predicted octanol–water partition coefficient (Wildman–Crippen LogP) is -0.0360. The molecule has 0 saturated heterocycles. The first-order valence-corrected chi connectivity index (χ1v) is 6.22. The minimum atomic E-state index is -1.35. The molecule has 2 N–H and O–H groups in total. The number of hydrogen-bond donors (Lipinski definition) is 2. The van der Waals surface area contributed by atoms with Gasteiger partial charge in [0.05, 0.1) is 12.0 Å². The van der Waals surface area contributed by atoms with Crippen molar-refractivity contribution in [3.05, 3.63) is 0 Å². The van der Waals surface area contributed by atoms with Gasteiger partial charge in [0.2, 0.25) is 5.91 Å². The fourth-order valence-electron chi connectivity index (χ4n) is 1.53. The number of carboxylic acids is 1. The quantitative estimate of drug-likeness (QED) is 0.528. The molecule has 0 aromatic carbocycles. The summed E-state index contributed by atoms with van der Waals surface area (Å²) in [7, 11) is 0. The number of aliphatic carboxylic acids is 1. The highest BCUT2D eigenvalue weighted by molar-refractivity contribution is 5.82. The van der Waals surface area contributed by atoms with Gasteiger partial charge in [-0.05, 0) is 12.8 Å². The highest BCUT2D eigenvalue weighted by Crippen LogP contribution is 2.05. The van der Waals surface area contributed by atoms with Gasteiger partial charge in [0, 0.05) is 13.0 Å². The second kappa shape index (κ2) is 10.1. The van der Waals surface area contributed by atoms with Gasteiger partial charge in [-0.15, -0.1) is 0 Å². The van der Waals surface area contributed by atoms with Gasteiger partial charge in [0.25, 0.3) is 0 Å². The van der Waals surface area contributed by atoms with E-state index >= 15 is 0 Å². The van der Waals surface area contributed by atoms with Crippen LogP contribution in [-0.2, 0) is 9.59 Å². The molecular formula is C12H22NO4-. The first-order chi connectivity index (χ1) is 8.11. The number of rotatable bonds is 10. The lowest BCUT2D eigenvalue weighted by Crippen LogP contribution is -2.48. The van der Waals surface area contributed by atoms with Crippen molar-refractivity contribution in [3.63, 3.8) is 0 Å². The second-order valence-corrected chi connectivity index (χ2v) is 4.12. The first-order valence-electron chi connectivity index (χ1n) is 6.22. The Labute approximate surface area is 102 Å². The van der Waals surface area contributed by atoms with Crippen molar-refractivity contribution in [3.8, 4) is 0 Å². The molecule has 0 fully saturated rings. The van der Waals surface area contributed by atoms with Crippen LogP contribution >= 0.6 is 0 Å². The Balaban J connectivity index is 3.71. The lowest BCUT2D eigenvalue weighted by Gasteiger charge is -2.18. The van der Waals surface area contributed by atoms with Crippen LogP contribution in [0.25, 0.3) is 0 Å². The van der Waals surface area contributed by atoms with Crippen molar-refractivity contribution in [2.24, 2.45) is 0 Å². The highest BCUT2D eigenvalue weighted by Gasteiger charge is 2.12. The summed E-state index contributed by atoms with van der Waals surface area (Å²) in [6.07, 6.45) is 5.48. The van der Waals surface area contributed by atoms with E-state index in [4.69, 9.17) is 5.11 Å². The van der Waals surface area contributed by atoms with Gasteiger partial charge in [0.15, 0.2) is 0 Å². The highest BCUT2D eigenvalue weighted by atomic mass is 16.4. The molecule has 0 aromatic rings. The topological polar surface area (TPSA) is 89.5 Å². The van der Waals surface area contributed by atoms with E-state index in [-0.39, 0.29) is 18.9 Å². The molecule has 0 spiro atoms. The summed E-state index contributed by atoms with van der Waals surface area (Å²) in [5, 5.41) is 21.6. The summed E-state index contributed by atoms with van der Waals surface area (Å²) in [5.41, 5.74) is 0. The van der Waals surface area contributed by atoms with Crippen LogP contribution in [0.1, 0.15) is 51.9 Å². The van der Waals surface area contributed by atoms with Crippen molar-refractivity contribution < 1.29 is 19.8 Å². The van der Waals surface area contributed by atoms with E-state index in [0.29, 0.717) is 6.42 Å². The van der Waals surface area contributed by atoms with E-state index in [1.807, 2.05) is 0 Å². The van der Waals surface area contributed by atoms with Crippen molar-refractivity contribution in [2.45, 2.75) is 57.9 Å². The molecule has 0 aliphatic carbocycles. The molecule has 0 saturated carbocycles. The zero-order valence-corrected chi connectivity index (χ0v) is 10.4. The van der Waals surface area contributed by atoms with Crippen LogP contribution in [0.5, 0.6) is 0 Å². The third-order valence-electron chi connectivity index (χ3n) is 2.54. The third kappa shape index (κ3) is 8.68. The molecular weight excluding hydrogens is 222 g/mol. The molecule has 0 bridgehead atoms. The van der Waals surface area contributed by atoms with Crippen molar-refractivity contribution in [1.29, 1.82) is 0 Å². The monoisotopic (exact) mass is 244 g/mol. The van der Waals surface area contributed by atoms with E-state index in [1.54, 1.807) is 0 Å². The van der Waals surface area contributed by atoms with E-state index in [2.05, 4.69) is 12.2 Å². The van der Waals surface area contributed by atoms with E-state index < -0.39 is 12.0 Å². The lowest BCUT2D eigenvalue weighted by molar-refractivity contribution is -0.308. The largest absolute Gasteiger partial charge is 0.548 e. The van der Waals surface area contributed by atoms with Crippen molar-refractivity contribution in [1.82, 2.24) is 5.32 Å². The number of aliphatic hydroxyl groups excluding tert-OH is 1. The fraction of sp³-hybridized carbons (Fsp3) is 0.833. The molecule has 0 aliphatic heterocycles. The van der Waals surface area contributed by atoms with Crippen LogP contribution < -0.4 is 10.4 Å². The summed E-state index contributed by atoms with van der Waals surface area (Å²) in [6.45, 7) is 1.83. The van der Waals surface area contributed by atoms with Crippen LogP contribution in [0.15, 0.2) is 0 Å². The standard InChI is InChI=1S/C12H23NO4/c1-2-3-4-5-6-7-11(15)13-10(8-9-14)12(16)17/h10,14H,2-9H2,1H3,(H,13,15)(H,16,17)/p-1/t10-/m0/s1. The van der Waals surface area contributed by atoms with Gasteiger partial charge < -0.3 is 20.3 Å². The minimum Gasteiger partial charge on any atom is -0.548 e. The molecule has 0 unspecified atom stereocenters. The first kappa shape index (κ1) is 15.9. The maximum atomic E-state index is 11.4. The number of unbranched alkanes of at least 4 members (excludes halogenated alkanes) is 4. The summed E-state index contributed by atoms with van der Waals surface area (Å²) in [6, 6.07) is -1.08. The van der Waals surface area contributed by atoms with E-state index in [9.17, 15) is 14.7 Å². The Bertz CT molecular complexity index is 231. The Morgan fingerprint density at radius 1 is 1.24 bits per heavy atom. The van der Waals surface area contributed by atoms with E-state index in [0.717, 1.165) is 32.1 Å². The van der Waals surface area contributed by atoms with E-state index in [1.165, 1.54) is 0 Å². The predicted molar refractivity (Wildman–Crippen MR) is 62.0 cm³/mol. The number of hydrogen-bond acceptors (Lipinski definition) is 4. The molecule has 0 aliphatic rings. The molecule has 0 radical (unpaired) electrons. The Hall–Kier alpha value is -1.10. The van der Waals surface area contributed by atoms with Crippen LogP contribution in [0.4, 0.5) is 0 Å². The molecule has 5 nitrogen and oxygen atoms in total. The molecule has 0 rings (SSSR count). The second-order valence-electron chi connectivity index (χ2n) is 4.12. The molecule has 100 valence electrons. The normalized spacial score (nSPS) is 12.1. The number of nitrogens with one attached hydrogen (secondary N) is 1. The number of aliphatic hydroxyl groups is 1. The van der Waals surface area contributed by atoms with Gasteiger partial charge in [-0.2, -0.15) is 0 Å². The number of carboxylic acid groups (broad SMARTS) is 1. The zero-order valence-electron chi connectivity index (χ0n) is 10.4. The maximum absolute atomic E-state index is 11.4. The van der Waals surface area contributed by atoms with Crippen molar-refractivity contribution >= 4 is 11.9 Å². The molecule has 1 atom stereocenters. The van der Waals surface area contributed by atoms with Gasteiger partial charge in [0.1, 0.15) is 0 Å². The van der Waals surface area contributed by atoms with Gasteiger partial charge in [-0.3, -0.25) is 4.79 Å². The average Bonchev–Trinajstić information content (AvgIpc) is 2.28. The van der Waals surface area contributed by atoms with Gasteiger partial charge >= 0.3 is 0 Å². The number of carbonyl (C=O) groups excluding carboxylic acids is 2. The average molecular weight is 244 g/mol. The van der Waals surface area contributed by atoms with Crippen LogP contribution in [0.2, 0.25) is 0 Å². The third-order valence-corrected chi connectivity index (χ3v) is 2.54. The maximum Gasteiger partial charge on any atom is 0.220 e. The molecule has 5 heteroatoms. The van der Waals surface area contributed by atoms with Crippen LogP contribution in [0, 0.1) is 0 Å². The molecule has 1 amide bonds. The van der Waals surface area contributed by atoms with Crippen molar-refractivity contribution in [2.75, 3.05) is 6.61 Å². The Morgan fingerprint density at radius 2 is 1.88 bits per heavy atom. The molecule has 0 aromatic heterocycles. The van der Waals surface area contributed by atoms with Gasteiger partial charge in [-0.1, -0.05) is 32.6 Å².